The number of benzene rings is 2. The number of hydrogen-bond acceptors (Lipinski definition) is 2. The van der Waals surface area contributed by atoms with E-state index in [2.05, 4.69) is 5.43 Å². The van der Waals surface area contributed by atoms with Crippen molar-refractivity contribution in [2.75, 3.05) is 0 Å². The quantitative estimate of drug-likeness (QED) is 0.644. The lowest BCUT2D eigenvalue weighted by Crippen LogP contribution is -2.38. The first-order chi connectivity index (χ1) is 10.0. The van der Waals surface area contributed by atoms with Crippen LogP contribution in [0.1, 0.15) is 11.1 Å². The fourth-order valence-corrected chi connectivity index (χ4v) is 2.51. The summed E-state index contributed by atoms with van der Waals surface area (Å²) in [6, 6.07) is 8.98. The molecule has 2 nitrogen and oxygen atoms in total. The van der Waals surface area contributed by atoms with Crippen molar-refractivity contribution in [1.82, 2.24) is 5.43 Å². The minimum absolute atomic E-state index is 0.175. The van der Waals surface area contributed by atoms with Gasteiger partial charge in [-0.1, -0.05) is 41.4 Å². The summed E-state index contributed by atoms with van der Waals surface area (Å²) in [6.07, 6.45) is 0.964. The Bertz CT molecular complexity index is 635. The number of rotatable bonds is 5. The molecule has 0 saturated heterocycles. The monoisotopic (exact) mass is 330 g/mol. The largest absolute Gasteiger partial charge is 0.271 e. The molecule has 0 radical (unpaired) electrons. The van der Waals surface area contributed by atoms with Crippen LogP contribution in [0.15, 0.2) is 36.4 Å². The van der Waals surface area contributed by atoms with Crippen LogP contribution in [0.2, 0.25) is 10.0 Å². The summed E-state index contributed by atoms with van der Waals surface area (Å²) in [5.41, 5.74) is 4.15. The smallest absolute Gasteiger partial charge is 0.159 e. The minimum Gasteiger partial charge on any atom is -0.271 e. The molecular weight excluding hydrogens is 317 g/mol. The van der Waals surface area contributed by atoms with E-state index >= 15 is 0 Å². The lowest BCUT2D eigenvalue weighted by molar-refractivity contribution is 0.498. The van der Waals surface area contributed by atoms with Crippen molar-refractivity contribution in [3.05, 3.63) is 69.2 Å². The van der Waals surface area contributed by atoms with Gasteiger partial charge in [0.05, 0.1) is 10.0 Å². The summed E-state index contributed by atoms with van der Waals surface area (Å²) in [5.74, 6) is 3.79. The predicted octanol–water partition coefficient (Wildman–Crippen LogP) is 3.89. The Morgan fingerprint density at radius 2 is 1.81 bits per heavy atom. The molecule has 0 aliphatic heterocycles. The van der Waals surface area contributed by atoms with E-state index in [1.165, 1.54) is 12.1 Å². The van der Waals surface area contributed by atoms with E-state index in [-0.39, 0.29) is 6.04 Å². The van der Waals surface area contributed by atoms with E-state index in [4.69, 9.17) is 29.0 Å². The zero-order valence-corrected chi connectivity index (χ0v) is 12.6. The molecule has 2 aromatic carbocycles. The van der Waals surface area contributed by atoms with Gasteiger partial charge in [-0.25, -0.2) is 8.78 Å². The zero-order valence-electron chi connectivity index (χ0n) is 11.0. The molecule has 112 valence electrons. The van der Waals surface area contributed by atoms with Gasteiger partial charge in [-0.3, -0.25) is 11.3 Å². The van der Waals surface area contributed by atoms with Gasteiger partial charge in [0.25, 0.3) is 0 Å². The van der Waals surface area contributed by atoms with Crippen molar-refractivity contribution in [3.8, 4) is 0 Å². The maximum Gasteiger partial charge on any atom is 0.159 e. The second-order valence-corrected chi connectivity index (χ2v) is 5.52. The summed E-state index contributed by atoms with van der Waals surface area (Å²) in [5, 5.41) is 0.947. The molecule has 21 heavy (non-hydrogen) atoms. The molecule has 2 rings (SSSR count). The van der Waals surface area contributed by atoms with Gasteiger partial charge in [-0.15, -0.1) is 0 Å². The van der Waals surface area contributed by atoms with Gasteiger partial charge in [0.2, 0.25) is 0 Å². The van der Waals surface area contributed by atoms with E-state index in [0.29, 0.717) is 28.5 Å². The first-order valence-corrected chi connectivity index (χ1v) is 7.09. The number of nitrogens with two attached hydrogens (primary N) is 1. The van der Waals surface area contributed by atoms with Crippen molar-refractivity contribution < 1.29 is 8.78 Å². The van der Waals surface area contributed by atoms with Crippen molar-refractivity contribution in [3.63, 3.8) is 0 Å². The van der Waals surface area contributed by atoms with Crippen LogP contribution < -0.4 is 11.3 Å². The van der Waals surface area contributed by atoms with Gasteiger partial charge in [-0.2, -0.15) is 0 Å². The van der Waals surface area contributed by atoms with Crippen molar-refractivity contribution in [1.29, 1.82) is 0 Å². The molecule has 0 aliphatic carbocycles. The SMILES string of the molecule is NNC(Cc1ccc(F)c(F)c1)Cc1cccc(Cl)c1Cl. The fraction of sp³-hybridized carbons (Fsp3) is 0.200. The van der Waals surface area contributed by atoms with E-state index in [0.717, 1.165) is 11.6 Å². The number of halogens is 4. The van der Waals surface area contributed by atoms with Gasteiger partial charge >= 0.3 is 0 Å². The fourth-order valence-electron chi connectivity index (χ4n) is 2.11. The molecule has 0 fully saturated rings. The van der Waals surface area contributed by atoms with Crippen molar-refractivity contribution >= 4 is 23.2 Å². The molecular formula is C15H14Cl2F2N2. The molecule has 1 atom stereocenters. The van der Waals surface area contributed by atoms with E-state index in [1.807, 2.05) is 6.07 Å². The van der Waals surface area contributed by atoms with Crippen LogP contribution in [0.5, 0.6) is 0 Å². The Balaban J connectivity index is 2.13. The van der Waals surface area contributed by atoms with Gasteiger partial charge in [0.1, 0.15) is 0 Å². The van der Waals surface area contributed by atoms with Crippen LogP contribution in [0, 0.1) is 11.6 Å². The van der Waals surface area contributed by atoms with Gasteiger partial charge in [-0.05, 0) is 42.2 Å². The molecule has 1 unspecified atom stereocenters. The third-order valence-electron chi connectivity index (χ3n) is 3.20. The highest BCUT2D eigenvalue weighted by atomic mass is 35.5. The molecule has 0 heterocycles. The average molecular weight is 331 g/mol. The number of nitrogens with one attached hydrogen (secondary N) is 1. The van der Waals surface area contributed by atoms with Crippen LogP contribution in [0.4, 0.5) is 8.78 Å². The van der Waals surface area contributed by atoms with Gasteiger partial charge in [0, 0.05) is 6.04 Å². The van der Waals surface area contributed by atoms with Crippen LogP contribution in [-0.4, -0.2) is 6.04 Å². The lowest BCUT2D eigenvalue weighted by atomic mass is 9.99. The van der Waals surface area contributed by atoms with Gasteiger partial charge < -0.3 is 0 Å². The Morgan fingerprint density at radius 3 is 2.48 bits per heavy atom. The molecule has 0 bridgehead atoms. The molecule has 0 spiro atoms. The lowest BCUT2D eigenvalue weighted by Gasteiger charge is -2.17. The molecule has 0 aromatic heterocycles. The number of hydrazine groups is 1. The van der Waals surface area contributed by atoms with Crippen LogP contribution in [0.25, 0.3) is 0 Å². The standard InChI is InChI=1S/C15H14Cl2F2N2/c16-12-3-1-2-10(15(12)17)8-11(21-20)6-9-4-5-13(18)14(19)7-9/h1-5,7,11,21H,6,8,20H2. The van der Waals surface area contributed by atoms with Crippen molar-refractivity contribution in [2.24, 2.45) is 5.84 Å². The third-order valence-corrected chi connectivity index (χ3v) is 4.06. The Kier molecular flexibility index (Phi) is 5.53. The molecule has 0 amide bonds. The number of hydrogen-bond donors (Lipinski definition) is 2. The normalized spacial score (nSPS) is 12.4. The Hall–Kier alpha value is -1.20. The second-order valence-electron chi connectivity index (χ2n) is 4.73. The average Bonchev–Trinajstić information content (AvgIpc) is 2.47. The third kappa shape index (κ3) is 4.14. The summed E-state index contributed by atoms with van der Waals surface area (Å²) in [6.45, 7) is 0. The molecule has 2 aromatic rings. The Labute approximate surface area is 131 Å². The first kappa shape index (κ1) is 16.2. The first-order valence-electron chi connectivity index (χ1n) is 6.34. The second kappa shape index (κ2) is 7.18. The summed E-state index contributed by atoms with van der Waals surface area (Å²) in [7, 11) is 0. The van der Waals surface area contributed by atoms with E-state index in [9.17, 15) is 8.78 Å². The maximum absolute atomic E-state index is 13.2. The molecule has 0 aliphatic rings. The van der Waals surface area contributed by atoms with E-state index in [1.54, 1.807) is 12.1 Å². The molecule has 3 N–H and O–H groups in total. The molecule has 0 saturated carbocycles. The summed E-state index contributed by atoms with van der Waals surface area (Å²) < 4.78 is 26.1. The van der Waals surface area contributed by atoms with Gasteiger partial charge in [0.15, 0.2) is 11.6 Å². The van der Waals surface area contributed by atoms with E-state index < -0.39 is 11.6 Å². The minimum atomic E-state index is -0.871. The maximum atomic E-state index is 13.2. The highest BCUT2D eigenvalue weighted by Crippen LogP contribution is 2.26. The topological polar surface area (TPSA) is 38.0 Å². The zero-order chi connectivity index (χ0) is 15.4. The highest BCUT2D eigenvalue weighted by Gasteiger charge is 2.13. The summed E-state index contributed by atoms with van der Waals surface area (Å²) >= 11 is 12.1. The predicted molar refractivity (Wildman–Crippen MR) is 81.3 cm³/mol. The van der Waals surface area contributed by atoms with Crippen LogP contribution in [0.3, 0.4) is 0 Å². The summed E-state index contributed by atoms with van der Waals surface area (Å²) in [4.78, 5) is 0. The van der Waals surface area contributed by atoms with Crippen LogP contribution >= 0.6 is 23.2 Å². The Morgan fingerprint density at radius 1 is 1.05 bits per heavy atom. The van der Waals surface area contributed by atoms with Crippen molar-refractivity contribution in [2.45, 2.75) is 18.9 Å². The van der Waals surface area contributed by atoms with Crippen LogP contribution in [-0.2, 0) is 12.8 Å². The molecule has 6 heteroatoms. The highest BCUT2D eigenvalue weighted by molar-refractivity contribution is 6.42.